The first kappa shape index (κ1) is 13.0. The van der Waals surface area contributed by atoms with Crippen molar-refractivity contribution in [2.75, 3.05) is 13.1 Å². The fourth-order valence-corrected chi connectivity index (χ4v) is 3.25. The Balaban J connectivity index is 2.09. The predicted octanol–water partition coefficient (Wildman–Crippen LogP) is 2.67. The van der Waals surface area contributed by atoms with E-state index in [4.69, 9.17) is 0 Å². The van der Waals surface area contributed by atoms with E-state index in [1.165, 1.54) is 18.5 Å². The molecule has 3 atom stereocenters. The molecule has 0 amide bonds. The van der Waals surface area contributed by atoms with E-state index in [0.717, 1.165) is 13.1 Å². The summed E-state index contributed by atoms with van der Waals surface area (Å²) in [6, 6.07) is 1.73. The summed E-state index contributed by atoms with van der Waals surface area (Å²) >= 11 is 1.69. The third kappa shape index (κ3) is 2.87. The van der Waals surface area contributed by atoms with Crippen molar-refractivity contribution in [1.82, 2.24) is 15.2 Å². The van der Waals surface area contributed by atoms with E-state index >= 15 is 0 Å². The summed E-state index contributed by atoms with van der Waals surface area (Å²) in [4.78, 5) is 7.09. The minimum absolute atomic E-state index is 0.447. The van der Waals surface area contributed by atoms with Gasteiger partial charge in [-0.3, -0.25) is 4.90 Å². The lowest BCUT2D eigenvalue weighted by Crippen LogP contribution is -2.56. The third-order valence-corrected chi connectivity index (χ3v) is 4.49. The quantitative estimate of drug-likeness (QED) is 0.894. The highest BCUT2D eigenvalue weighted by atomic mass is 32.1. The minimum Gasteiger partial charge on any atom is -0.311 e. The predicted molar refractivity (Wildman–Crippen MR) is 73.4 cm³/mol. The second kappa shape index (κ2) is 5.94. The zero-order chi connectivity index (χ0) is 12.3. The van der Waals surface area contributed by atoms with Crippen LogP contribution < -0.4 is 5.32 Å². The monoisotopic (exact) mass is 253 g/mol. The normalized spacial score (nSPS) is 28.2. The average molecular weight is 253 g/mol. The van der Waals surface area contributed by atoms with Crippen molar-refractivity contribution in [1.29, 1.82) is 0 Å². The molecule has 1 aliphatic heterocycles. The molecule has 3 unspecified atom stereocenters. The van der Waals surface area contributed by atoms with Gasteiger partial charge in [0.05, 0.1) is 17.2 Å². The molecule has 1 fully saturated rings. The maximum absolute atomic E-state index is 4.47. The molecule has 1 N–H and O–H groups in total. The number of aromatic nitrogens is 1. The van der Waals surface area contributed by atoms with Crippen LogP contribution in [0.15, 0.2) is 10.9 Å². The summed E-state index contributed by atoms with van der Waals surface area (Å²) in [5.41, 5.74) is 3.16. The molecule has 0 aromatic carbocycles. The van der Waals surface area contributed by atoms with Crippen LogP contribution in [-0.4, -0.2) is 35.1 Å². The van der Waals surface area contributed by atoms with Crippen molar-refractivity contribution in [2.45, 2.75) is 51.7 Å². The summed E-state index contributed by atoms with van der Waals surface area (Å²) in [6.07, 6.45) is 2.41. The Kier molecular flexibility index (Phi) is 4.54. The van der Waals surface area contributed by atoms with Crippen LogP contribution in [0.25, 0.3) is 0 Å². The van der Waals surface area contributed by atoms with Crippen LogP contribution in [0.5, 0.6) is 0 Å². The standard InChI is InChI=1S/C13H23N3S/c1-4-11-7-16(12(5-2)6-14-11)10(3)13-8-17-9-15-13/h8-12,14H,4-7H2,1-3H3. The van der Waals surface area contributed by atoms with Crippen molar-refractivity contribution in [3.63, 3.8) is 0 Å². The van der Waals surface area contributed by atoms with E-state index in [0.29, 0.717) is 18.1 Å². The van der Waals surface area contributed by atoms with Crippen molar-refractivity contribution >= 4 is 11.3 Å². The molecular formula is C13H23N3S. The van der Waals surface area contributed by atoms with Crippen LogP contribution in [0, 0.1) is 0 Å². The molecular weight excluding hydrogens is 230 g/mol. The summed E-state index contributed by atoms with van der Waals surface area (Å²) < 4.78 is 0. The van der Waals surface area contributed by atoms with Gasteiger partial charge >= 0.3 is 0 Å². The van der Waals surface area contributed by atoms with E-state index in [1.807, 2.05) is 5.51 Å². The van der Waals surface area contributed by atoms with Crippen LogP contribution in [0.3, 0.4) is 0 Å². The Morgan fingerprint density at radius 3 is 2.94 bits per heavy atom. The Morgan fingerprint density at radius 2 is 2.35 bits per heavy atom. The van der Waals surface area contributed by atoms with E-state index in [9.17, 15) is 0 Å². The van der Waals surface area contributed by atoms with Gasteiger partial charge in [0, 0.05) is 30.6 Å². The third-order valence-electron chi connectivity index (χ3n) is 3.88. The molecule has 1 aromatic rings. The maximum atomic E-state index is 4.47. The molecule has 0 spiro atoms. The summed E-state index contributed by atoms with van der Waals surface area (Å²) in [5, 5.41) is 5.82. The molecule has 96 valence electrons. The Labute approximate surface area is 108 Å². The topological polar surface area (TPSA) is 28.2 Å². The molecule has 1 aromatic heterocycles. The van der Waals surface area contributed by atoms with Gasteiger partial charge in [0.2, 0.25) is 0 Å². The zero-order valence-corrected chi connectivity index (χ0v) is 11.8. The van der Waals surface area contributed by atoms with E-state index in [-0.39, 0.29) is 0 Å². The van der Waals surface area contributed by atoms with Crippen LogP contribution in [0.4, 0.5) is 0 Å². The average Bonchev–Trinajstić information content (AvgIpc) is 2.91. The first-order valence-electron chi connectivity index (χ1n) is 6.63. The lowest BCUT2D eigenvalue weighted by molar-refractivity contribution is 0.0835. The van der Waals surface area contributed by atoms with Gasteiger partial charge in [-0.05, 0) is 19.8 Å². The molecule has 3 nitrogen and oxygen atoms in total. The molecule has 0 aliphatic carbocycles. The highest BCUT2D eigenvalue weighted by molar-refractivity contribution is 7.07. The van der Waals surface area contributed by atoms with Gasteiger partial charge < -0.3 is 5.32 Å². The second-order valence-corrected chi connectivity index (χ2v) is 5.58. The Hall–Kier alpha value is -0.450. The largest absolute Gasteiger partial charge is 0.311 e. The van der Waals surface area contributed by atoms with E-state index < -0.39 is 0 Å². The van der Waals surface area contributed by atoms with Crippen LogP contribution in [-0.2, 0) is 0 Å². The van der Waals surface area contributed by atoms with Gasteiger partial charge in [-0.25, -0.2) is 4.98 Å². The Bertz CT molecular complexity index is 325. The molecule has 1 aliphatic rings. The van der Waals surface area contributed by atoms with Crippen molar-refractivity contribution in [3.05, 3.63) is 16.6 Å². The molecule has 0 saturated carbocycles. The summed E-state index contributed by atoms with van der Waals surface area (Å²) in [6.45, 7) is 9.09. The van der Waals surface area contributed by atoms with Crippen LogP contribution in [0.1, 0.15) is 45.3 Å². The van der Waals surface area contributed by atoms with Crippen molar-refractivity contribution in [3.8, 4) is 0 Å². The van der Waals surface area contributed by atoms with Gasteiger partial charge in [-0.1, -0.05) is 13.8 Å². The fourth-order valence-electron chi connectivity index (χ4n) is 2.61. The highest BCUT2D eigenvalue weighted by Gasteiger charge is 2.30. The molecule has 0 radical (unpaired) electrons. The smallest absolute Gasteiger partial charge is 0.0795 e. The number of rotatable bonds is 4. The van der Waals surface area contributed by atoms with E-state index in [2.05, 4.69) is 41.4 Å². The lowest BCUT2D eigenvalue weighted by atomic mass is 10.0. The highest BCUT2D eigenvalue weighted by Crippen LogP contribution is 2.25. The SMILES string of the molecule is CCC1CN(C(C)c2cscn2)C(CC)CN1. The van der Waals surface area contributed by atoms with Crippen LogP contribution >= 0.6 is 11.3 Å². The number of hydrogen-bond acceptors (Lipinski definition) is 4. The molecule has 17 heavy (non-hydrogen) atoms. The van der Waals surface area contributed by atoms with Crippen LogP contribution in [0.2, 0.25) is 0 Å². The van der Waals surface area contributed by atoms with Gasteiger partial charge in [0.25, 0.3) is 0 Å². The number of nitrogens with one attached hydrogen (secondary N) is 1. The van der Waals surface area contributed by atoms with Gasteiger partial charge in [0.15, 0.2) is 0 Å². The molecule has 2 heterocycles. The molecule has 2 rings (SSSR count). The van der Waals surface area contributed by atoms with Gasteiger partial charge in [-0.2, -0.15) is 0 Å². The first-order valence-corrected chi connectivity index (χ1v) is 7.57. The van der Waals surface area contributed by atoms with Gasteiger partial charge in [0.1, 0.15) is 0 Å². The van der Waals surface area contributed by atoms with E-state index in [1.54, 1.807) is 11.3 Å². The number of piperazine rings is 1. The number of thiazole rings is 1. The first-order chi connectivity index (χ1) is 8.26. The molecule has 4 heteroatoms. The number of nitrogens with zero attached hydrogens (tertiary/aromatic N) is 2. The molecule has 0 bridgehead atoms. The summed E-state index contributed by atoms with van der Waals surface area (Å²) in [7, 11) is 0. The molecule has 1 saturated heterocycles. The number of hydrogen-bond donors (Lipinski definition) is 1. The Morgan fingerprint density at radius 1 is 1.53 bits per heavy atom. The van der Waals surface area contributed by atoms with Gasteiger partial charge in [-0.15, -0.1) is 11.3 Å². The minimum atomic E-state index is 0.447. The van der Waals surface area contributed by atoms with Crippen molar-refractivity contribution in [2.24, 2.45) is 0 Å². The zero-order valence-electron chi connectivity index (χ0n) is 11.0. The van der Waals surface area contributed by atoms with Crippen molar-refractivity contribution < 1.29 is 0 Å². The lowest BCUT2D eigenvalue weighted by Gasteiger charge is -2.43. The second-order valence-electron chi connectivity index (χ2n) is 4.86. The summed E-state index contributed by atoms with van der Waals surface area (Å²) in [5.74, 6) is 0. The fraction of sp³-hybridized carbons (Fsp3) is 0.769. The maximum Gasteiger partial charge on any atom is 0.0795 e.